The van der Waals surface area contributed by atoms with E-state index >= 15 is 0 Å². The van der Waals surface area contributed by atoms with E-state index in [9.17, 15) is 4.21 Å². The van der Waals surface area contributed by atoms with Crippen molar-refractivity contribution in [2.24, 2.45) is 0 Å². The lowest BCUT2D eigenvalue weighted by Crippen LogP contribution is -1.98. The summed E-state index contributed by atoms with van der Waals surface area (Å²) in [7, 11) is -1.15. The molecule has 0 bridgehead atoms. The Kier molecular flexibility index (Phi) is 3.43. The normalized spacial score (nSPS) is 12.2. The number of para-hydroxylation sites is 1. The molecule has 2 aromatic heterocycles. The van der Waals surface area contributed by atoms with Crippen molar-refractivity contribution >= 4 is 10.8 Å². The summed E-state index contributed by atoms with van der Waals surface area (Å²) < 4.78 is 13.9. The molecule has 2 heterocycles. The maximum Gasteiger partial charge on any atom is 0.153 e. The minimum Gasteiger partial charge on any atom is -0.298 e. The number of benzene rings is 1. The molecule has 1 atom stereocenters. The summed E-state index contributed by atoms with van der Waals surface area (Å²) in [5.41, 5.74) is 2.79. The predicted octanol–water partition coefficient (Wildman–Crippen LogP) is 2.67. The maximum absolute atomic E-state index is 11.9. The lowest BCUT2D eigenvalue weighted by molar-refractivity contribution is 0.685. The Bertz CT molecular complexity index is 738. The lowest BCUT2D eigenvalue weighted by Gasteiger charge is -2.09. The van der Waals surface area contributed by atoms with Gasteiger partial charge in [0.05, 0.1) is 16.5 Å². The van der Waals surface area contributed by atoms with Gasteiger partial charge in [-0.2, -0.15) is 0 Å². The molecule has 4 nitrogen and oxygen atoms in total. The van der Waals surface area contributed by atoms with Crippen LogP contribution in [0.15, 0.2) is 66.2 Å². The molecule has 5 heteroatoms. The SMILES string of the molecule is CS(=O)c1ncn(-c2ccccc2)c1-c1ccncc1. The summed E-state index contributed by atoms with van der Waals surface area (Å²) in [5, 5.41) is 0.583. The number of rotatable bonds is 3. The molecule has 0 aliphatic heterocycles. The quantitative estimate of drug-likeness (QED) is 0.742. The molecule has 20 heavy (non-hydrogen) atoms. The van der Waals surface area contributed by atoms with Gasteiger partial charge in [0.15, 0.2) is 5.03 Å². The van der Waals surface area contributed by atoms with Crippen LogP contribution in [0.25, 0.3) is 16.9 Å². The molecule has 0 N–H and O–H groups in total. The van der Waals surface area contributed by atoms with E-state index in [4.69, 9.17) is 0 Å². The van der Waals surface area contributed by atoms with Gasteiger partial charge in [-0.15, -0.1) is 0 Å². The van der Waals surface area contributed by atoms with E-state index in [1.165, 1.54) is 0 Å². The highest BCUT2D eigenvalue weighted by Gasteiger charge is 2.16. The zero-order valence-corrected chi connectivity index (χ0v) is 11.7. The van der Waals surface area contributed by atoms with Crippen molar-refractivity contribution in [2.75, 3.05) is 6.26 Å². The largest absolute Gasteiger partial charge is 0.298 e. The van der Waals surface area contributed by atoms with Gasteiger partial charge in [0, 0.05) is 29.9 Å². The zero-order valence-electron chi connectivity index (χ0n) is 10.9. The first-order valence-electron chi connectivity index (χ1n) is 6.14. The van der Waals surface area contributed by atoms with Gasteiger partial charge in [-0.05, 0) is 24.3 Å². The first-order valence-corrected chi connectivity index (χ1v) is 7.70. The van der Waals surface area contributed by atoms with Crippen LogP contribution in [0.1, 0.15) is 0 Å². The molecule has 0 aliphatic carbocycles. The topological polar surface area (TPSA) is 47.8 Å². The number of nitrogens with zero attached hydrogens (tertiary/aromatic N) is 3. The highest BCUT2D eigenvalue weighted by molar-refractivity contribution is 7.84. The van der Waals surface area contributed by atoms with Gasteiger partial charge in [-0.1, -0.05) is 18.2 Å². The van der Waals surface area contributed by atoms with Crippen molar-refractivity contribution in [3.63, 3.8) is 0 Å². The number of hydrogen-bond donors (Lipinski definition) is 0. The van der Waals surface area contributed by atoms with Gasteiger partial charge < -0.3 is 0 Å². The third kappa shape index (κ3) is 2.28. The molecule has 0 fully saturated rings. The molecule has 0 spiro atoms. The summed E-state index contributed by atoms with van der Waals surface area (Å²) in [5.74, 6) is 0. The third-order valence-electron chi connectivity index (χ3n) is 2.99. The molecule has 1 unspecified atom stereocenters. The fraction of sp³-hybridized carbons (Fsp3) is 0.0667. The van der Waals surface area contributed by atoms with Gasteiger partial charge in [0.25, 0.3) is 0 Å². The van der Waals surface area contributed by atoms with Crippen LogP contribution in [0.4, 0.5) is 0 Å². The van der Waals surface area contributed by atoms with E-state index in [1.54, 1.807) is 25.0 Å². The van der Waals surface area contributed by atoms with Crippen LogP contribution in [0, 0.1) is 0 Å². The Morgan fingerprint density at radius 2 is 1.75 bits per heavy atom. The molecule has 0 saturated heterocycles. The van der Waals surface area contributed by atoms with Gasteiger partial charge in [-0.3, -0.25) is 13.8 Å². The average Bonchev–Trinajstić information content (AvgIpc) is 2.94. The Balaban J connectivity index is 2.25. The number of aromatic nitrogens is 3. The first-order chi connectivity index (χ1) is 9.77. The summed E-state index contributed by atoms with van der Waals surface area (Å²) in [6.07, 6.45) is 6.80. The fourth-order valence-electron chi connectivity index (χ4n) is 2.10. The third-order valence-corrected chi connectivity index (χ3v) is 3.84. The molecule has 0 aliphatic rings. The Morgan fingerprint density at radius 3 is 2.40 bits per heavy atom. The fourth-order valence-corrected chi connectivity index (χ4v) is 2.78. The summed E-state index contributed by atoms with van der Waals surface area (Å²) in [6, 6.07) is 13.7. The van der Waals surface area contributed by atoms with Crippen molar-refractivity contribution in [3.8, 4) is 16.9 Å². The van der Waals surface area contributed by atoms with E-state index in [1.807, 2.05) is 47.0 Å². The summed E-state index contributed by atoms with van der Waals surface area (Å²) >= 11 is 0. The molecule has 0 saturated carbocycles. The van der Waals surface area contributed by atoms with Crippen molar-refractivity contribution < 1.29 is 4.21 Å². The van der Waals surface area contributed by atoms with Crippen LogP contribution in [-0.4, -0.2) is 25.0 Å². The van der Waals surface area contributed by atoms with Crippen molar-refractivity contribution in [2.45, 2.75) is 5.03 Å². The standard InChI is InChI=1S/C15H13N3OS/c1-20(19)15-14(12-7-9-16-10-8-12)18(11-17-15)13-5-3-2-4-6-13/h2-11H,1H3. The molecule has 0 amide bonds. The van der Waals surface area contributed by atoms with Crippen LogP contribution < -0.4 is 0 Å². The van der Waals surface area contributed by atoms with Crippen LogP contribution in [0.2, 0.25) is 0 Å². The van der Waals surface area contributed by atoms with Crippen LogP contribution in [0.3, 0.4) is 0 Å². The molecule has 1 aromatic carbocycles. The molecule has 3 rings (SSSR count). The molecule has 0 radical (unpaired) electrons. The monoisotopic (exact) mass is 283 g/mol. The maximum atomic E-state index is 11.9. The highest BCUT2D eigenvalue weighted by atomic mass is 32.2. The second-order valence-corrected chi connectivity index (χ2v) is 5.59. The average molecular weight is 283 g/mol. The molecule has 3 aromatic rings. The smallest absolute Gasteiger partial charge is 0.153 e. The molecular weight excluding hydrogens is 270 g/mol. The Labute approximate surface area is 119 Å². The van der Waals surface area contributed by atoms with Crippen molar-refractivity contribution in [3.05, 3.63) is 61.2 Å². The van der Waals surface area contributed by atoms with Crippen LogP contribution in [0.5, 0.6) is 0 Å². The van der Waals surface area contributed by atoms with Crippen LogP contribution >= 0.6 is 0 Å². The van der Waals surface area contributed by atoms with E-state index in [-0.39, 0.29) is 0 Å². The lowest BCUT2D eigenvalue weighted by atomic mass is 10.2. The van der Waals surface area contributed by atoms with E-state index < -0.39 is 10.8 Å². The molecular formula is C15H13N3OS. The van der Waals surface area contributed by atoms with Crippen LogP contribution in [-0.2, 0) is 10.8 Å². The highest BCUT2D eigenvalue weighted by Crippen LogP contribution is 2.27. The summed E-state index contributed by atoms with van der Waals surface area (Å²) in [4.78, 5) is 8.34. The predicted molar refractivity (Wildman–Crippen MR) is 79.1 cm³/mol. The number of hydrogen-bond acceptors (Lipinski definition) is 3. The minimum absolute atomic E-state index is 0.583. The Hall–Kier alpha value is -2.27. The molecule has 100 valence electrons. The minimum atomic E-state index is -1.15. The number of pyridine rings is 1. The summed E-state index contributed by atoms with van der Waals surface area (Å²) in [6.45, 7) is 0. The van der Waals surface area contributed by atoms with E-state index in [0.717, 1.165) is 16.9 Å². The van der Waals surface area contributed by atoms with Gasteiger partial charge >= 0.3 is 0 Å². The first kappa shape index (κ1) is 12.7. The van der Waals surface area contributed by atoms with E-state index in [2.05, 4.69) is 9.97 Å². The number of imidazole rings is 1. The van der Waals surface area contributed by atoms with Gasteiger partial charge in [-0.25, -0.2) is 4.98 Å². The van der Waals surface area contributed by atoms with E-state index in [0.29, 0.717) is 5.03 Å². The van der Waals surface area contributed by atoms with Crippen molar-refractivity contribution in [1.82, 2.24) is 14.5 Å². The van der Waals surface area contributed by atoms with Crippen molar-refractivity contribution in [1.29, 1.82) is 0 Å². The van der Waals surface area contributed by atoms with Gasteiger partial charge in [0.2, 0.25) is 0 Å². The Morgan fingerprint density at radius 1 is 1.05 bits per heavy atom. The second kappa shape index (κ2) is 5.38. The van der Waals surface area contributed by atoms with Gasteiger partial charge in [0.1, 0.15) is 6.33 Å². The zero-order chi connectivity index (χ0) is 13.9. The second-order valence-electron chi connectivity index (χ2n) is 4.29.